The Morgan fingerprint density at radius 1 is 1.38 bits per heavy atom. The number of amides is 1. The molecule has 4 heteroatoms. The highest BCUT2D eigenvalue weighted by Crippen LogP contribution is 2.20. The summed E-state index contributed by atoms with van der Waals surface area (Å²) in [5.74, 6) is -0.595. The van der Waals surface area contributed by atoms with E-state index >= 15 is 0 Å². The standard InChI is InChI=1S/C12H18N2O2/c1-7-3-4-9(5-8(7)2)11(15)6-10(13)12(14)16/h3-5,10-11,15H,6,13H2,1-2H3,(H2,14,16)/t10-,11+/m0/s1. The van der Waals surface area contributed by atoms with Gasteiger partial charge >= 0.3 is 0 Å². The molecule has 0 aliphatic carbocycles. The molecular formula is C12H18N2O2. The van der Waals surface area contributed by atoms with Crippen molar-refractivity contribution in [2.75, 3.05) is 0 Å². The molecule has 88 valence electrons. The molecule has 0 aromatic heterocycles. The molecule has 1 rings (SSSR count). The van der Waals surface area contributed by atoms with Gasteiger partial charge in [-0.05, 0) is 30.5 Å². The summed E-state index contributed by atoms with van der Waals surface area (Å²) < 4.78 is 0. The lowest BCUT2D eigenvalue weighted by Crippen LogP contribution is -2.37. The van der Waals surface area contributed by atoms with E-state index in [0.29, 0.717) is 0 Å². The van der Waals surface area contributed by atoms with Crippen molar-refractivity contribution >= 4 is 5.91 Å². The monoisotopic (exact) mass is 222 g/mol. The minimum absolute atomic E-state index is 0.151. The first kappa shape index (κ1) is 12.7. The van der Waals surface area contributed by atoms with Crippen molar-refractivity contribution in [2.45, 2.75) is 32.4 Å². The van der Waals surface area contributed by atoms with Crippen LogP contribution in [0.4, 0.5) is 0 Å². The molecule has 0 spiro atoms. The Morgan fingerprint density at radius 2 is 2.00 bits per heavy atom. The van der Waals surface area contributed by atoms with Crippen molar-refractivity contribution in [1.29, 1.82) is 0 Å². The largest absolute Gasteiger partial charge is 0.388 e. The normalized spacial score (nSPS) is 14.5. The Balaban J connectivity index is 2.76. The van der Waals surface area contributed by atoms with Crippen molar-refractivity contribution in [1.82, 2.24) is 0 Å². The summed E-state index contributed by atoms with van der Waals surface area (Å²) >= 11 is 0. The smallest absolute Gasteiger partial charge is 0.234 e. The van der Waals surface area contributed by atoms with E-state index in [4.69, 9.17) is 11.5 Å². The second-order valence-corrected chi connectivity index (χ2v) is 4.10. The van der Waals surface area contributed by atoms with Crippen LogP contribution in [0.15, 0.2) is 18.2 Å². The fourth-order valence-electron chi connectivity index (χ4n) is 1.46. The van der Waals surface area contributed by atoms with Crippen molar-refractivity contribution in [3.63, 3.8) is 0 Å². The molecule has 2 atom stereocenters. The van der Waals surface area contributed by atoms with E-state index in [9.17, 15) is 9.90 Å². The second-order valence-electron chi connectivity index (χ2n) is 4.10. The van der Waals surface area contributed by atoms with Gasteiger partial charge in [-0.1, -0.05) is 18.2 Å². The third-order valence-corrected chi connectivity index (χ3v) is 2.76. The summed E-state index contributed by atoms with van der Waals surface area (Å²) in [5, 5.41) is 9.87. The Morgan fingerprint density at radius 3 is 2.50 bits per heavy atom. The molecule has 0 fully saturated rings. The maximum Gasteiger partial charge on any atom is 0.234 e. The molecule has 0 saturated heterocycles. The van der Waals surface area contributed by atoms with Crippen molar-refractivity contribution in [3.05, 3.63) is 34.9 Å². The van der Waals surface area contributed by atoms with Crippen LogP contribution in [-0.4, -0.2) is 17.1 Å². The molecule has 0 bridgehead atoms. The predicted molar refractivity (Wildman–Crippen MR) is 62.7 cm³/mol. The van der Waals surface area contributed by atoms with Gasteiger partial charge in [0, 0.05) is 6.42 Å². The van der Waals surface area contributed by atoms with E-state index in [0.717, 1.165) is 16.7 Å². The van der Waals surface area contributed by atoms with Crippen LogP contribution in [-0.2, 0) is 4.79 Å². The first-order chi connectivity index (χ1) is 7.41. The van der Waals surface area contributed by atoms with Crippen LogP contribution in [0.1, 0.15) is 29.2 Å². The number of aryl methyl sites for hydroxylation is 2. The second kappa shape index (κ2) is 5.09. The lowest BCUT2D eigenvalue weighted by molar-refractivity contribution is -0.119. The first-order valence-electron chi connectivity index (χ1n) is 5.22. The lowest BCUT2D eigenvalue weighted by Gasteiger charge is -2.15. The fraction of sp³-hybridized carbons (Fsp3) is 0.417. The van der Waals surface area contributed by atoms with Crippen LogP contribution in [0.3, 0.4) is 0 Å². The Labute approximate surface area is 95.3 Å². The zero-order valence-electron chi connectivity index (χ0n) is 9.60. The Bertz CT molecular complexity index is 391. The molecule has 4 nitrogen and oxygen atoms in total. The zero-order chi connectivity index (χ0) is 12.3. The van der Waals surface area contributed by atoms with E-state index in [-0.39, 0.29) is 6.42 Å². The van der Waals surface area contributed by atoms with Gasteiger partial charge in [-0.2, -0.15) is 0 Å². The number of carbonyl (C=O) groups excluding carboxylic acids is 1. The molecule has 0 saturated carbocycles. The van der Waals surface area contributed by atoms with Crippen molar-refractivity contribution in [2.24, 2.45) is 11.5 Å². The van der Waals surface area contributed by atoms with Gasteiger partial charge in [0.15, 0.2) is 0 Å². The molecule has 1 amide bonds. The maximum atomic E-state index is 10.8. The number of rotatable bonds is 4. The van der Waals surface area contributed by atoms with E-state index in [2.05, 4.69) is 0 Å². The highest BCUT2D eigenvalue weighted by atomic mass is 16.3. The third-order valence-electron chi connectivity index (χ3n) is 2.76. The van der Waals surface area contributed by atoms with Gasteiger partial charge in [-0.3, -0.25) is 4.79 Å². The molecule has 0 radical (unpaired) electrons. The Kier molecular flexibility index (Phi) is 4.04. The zero-order valence-corrected chi connectivity index (χ0v) is 9.60. The van der Waals surface area contributed by atoms with Gasteiger partial charge < -0.3 is 16.6 Å². The number of carbonyl (C=O) groups is 1. The van der Waals surface area contributed by atoms with Crippen LogP contribution in [0.25, 0.3) is 0 Å². The number of hydrogen-bond donors (Lipinski definition) is 3. The highest BCUT2D eigenvalue weighted by molar-refractivity contribution is 5.79. The number of benzene rings is 1. The summed E-state index contributed by atoms with van der Waals surface area (Å²) in [7, 11) is 0. The van der Waals surface area contributed by atoms with Crippen LogP contribution in [0.5, 0.6) is 0 Å². The molecule has 1 aromatic carbocycles. The van der Waals surface area contributed by atoms with E-state index in [1.54, 1.807) is 0 Å². The van der Waals surface area contributed by atoms with Gasteiger partial charge in [0.05, 0.1) is 12.1 Å². The van der Waals surface area contributed by atoms with E-state index in [1.807, 2.05) is 32.0 Å². The summed E-state index contributed by atoms with van der Waals surface area (Å²) in [5.41, 5.74) is 13.6. The predicted octanol–water partition coefficient (Wildman–Crippen LogP) is 0.540. The van der Waals surface area contributed by atoms with Crippen LogP contribution >= 0.6 is 0 Å². The molecule has 5 N–H and O–H groups in total. The minimum atomic E-state index is -0.809. The number of nitrogens with two attached hydrogens (primary N) is 2. The number of aliphatic hydroxyl groups is 1. The molecule has 0 aliphatic heterocycles. The average molecular weight is 222 g/mol. The molecule has 0 heterocycles. The summed E-state index contributed by atoms with van der Waals surface area (Å²) in [6.07, 6.45) is -0.598. The summed E-state index contributed by atoms with van der Waals surface area (Å²) in [4.78, 5) is 10.8. The van der Waals surface area contributed by atoms with Gasteiger partial charge in [-0.15, -0.1) is 0 Å². The van der Waals surface area contributed by atoms with Gasteiger partial charge in [0.1, 0.15) is 0 Å². The number of aliphatic hydroxyl groups excluding tert-OH is 1. The molecule has 16 heavy (non-hydrogen) atoms. The Hall–Kier alpha value is -1.39. The topological polar surface area (TPSA) is 89.3 Å². The minimum Gasteiger partial charge on any atom is -0.388 e. The average Bonchev–Trinajstić information content (AvgIpc) is 2.21. The lowest BCUT2D eigenvalue weighted by atomic mass is 9.98. The van der Waals surface area contributed by atoms with Gasteiger partial charge in [0.2, 0.25) is 5.91 Å². The van der Waals surface area contributed by atoms with E-state index in [1.165, 1.54) is 0 Å². The molecule has 1 aromatic rings. The number of primary amides is 1. The van der Waals surface area contributed by atoms with Crippen LogP contribution in [0.2, 0.25) is 0 Å². The van der Waals surface area contributed by atoms with Gasteiger partial charge in [-0.25, -0.2) is 0 Å². The maximum absolute atomic E-state index is 10.8. The summed E-state index contributed by atoms with van der Waals surface area (Å²) in [6, 6.07) is 4.86. The van der Waals surface area contributed by atoms with E-state index < -0.39 is 18.1 Å². The molecule has 0 aliphatic rings. The number of hydrogen-bond acceptors (Lipinski definition) is 3. The first-order valence-corrected chi connectivity index (χ1v) is 5.22. The van der Waals surface area contributed by atoms with Crippen LogP contribution in [0, 0.1) is 13.8 Å². The quantitative estimate of drug-likeness (QED) is 0.694. The van der Waals surface area contributed by atoms with Crippen molar-refractivity contribution in [3.8, 4) is 0 Å². The molecule has 0 unspecified atom stereocenters. The van der Waals surface area contributed by atoms with Crippen molar-refractivity contribution < 1.29 is 9.90 Å². The third kappa shape index (κ3) is 3.05. The highest BCUT2D eigenvalue weighted by Gasteiger charge is 2.16. The summed E-state index contributed by atoms with van der Waals surface area (Å²) in [6.45, 7) is 3.97. The molecular weight excluding hydrogens is 204 g/mol. The van der Waals surface area contributed by atoms with Crippen LogP contribution < -0.4 is 11.5 Å². The van der Waals surface area contributed by atoms with Gasteiger partial charge in [0.25, 0.3) is 0 Å². The fourth-order valence-corrected chi connectivity index (χ4v) is 1.46. The SMILES string of the molecule is Cc1ccc([C@H](O)C[C@H](N)C(N)=O)cc1C.